The van der Waals surface area contributed by atoms with Crippen molar-refractivity contribution in [3.05, 3.63) is 98.8 Å². The molecule has 0 bridgehead atoms. The van der Waals surface area contributed by atoms with Gasteiger partial charge < -0.3 is 23.2 Å². The van der Waals surface area contributed by atoms with Crippen molar-refractivity contribution >= 4 is 39.4 Å². The third-order valence-corrected chi connectivity index (χ3v) is 19.5. The summed E-state index contributed by atoms with van der Waals surface area (Å²) in [5.74, 6) is -0.724. The van der Waals surface area contributed by atoms with Gasteiger partial charge in [-0.3, -0.25) is 4.79 Å². The molecule has 0 unspecified atom stereocenters. The minimum atomic E-state index is -1.83. The van der Waals surface area contributed by atoms with E-state index in [1.54, 1.807) is 11.5 Å². The lowest BCUT2D eigenvalue weighted by Gasteiger charge is -2.35. The first-order valence-electron chi connectivity index (χ1n) is 18.9. The van der Waals surface area contributed by atoms with Crippen molar-refractivity contribution in [2.24, 2.45) is 0 Å². The molecule has 9 nitrogen and oxygen atoms in total. The molecule has 0 N–H and O–H groups in total. The Hall–Kier alpha value is -4.07. The monoisotopic (exact) mass is 740 g/mol. The van der Waals surface area contributed by atoms with Gasteiger partial charge in [-0.1, -0.05) is 101 Å². The van der Waals surface area contributed by atoms with E-state index >= 15 is 0 Å². The number of esters is 1. The summed E-state index contributed by atoms with van der Waals surface area (Å²) in [5.41, 5.74) is 3.79. The van der Waals surface area contributed by atoms with E-state index < -0.39 is 34.1 Å². The molecule has 4 heterocycles. The molecule has 276 valence electrons. The number of rotatable bonds is 15. The molecule has 6 rings (SSSR count). The number of ether oxygens (including phenoxy) is 3. The molecular formula is C41H52N2O7Si2. The summed E-state index contributed by atoms with van der Waals surface area (Å²) in [6.45, 7) is 14.5. The van der Waals surface area contributed by atoms with Gasteiger partial charge in [0.05, 0.1) is 29.0 Å². The fraction of sp³-hybridized carbons (Fsp3) is 0.463. The number of cyclic esters (lactones) is 1. The van der Waals surface area contributed by atoms with Gasteiger partial charge in [-0.15, -0.1) is 0 Å². The topological polar surface area (TPSA) is 106 Å². The maximum Gasteiger partial charge on any atom is 0.510 e. The summed E-state index contributed by atoms with van der Waals surface area (Å²) in [7, 11) is -3.18. The van der Waals surface area contributed by atoms with Crippen molar-refractivity contribution in [1.82, 2.24) is 9.55 Å². The first kappa shape index (κ1) is 37.7. The van der Waals surface area contributed by atoms with Crippen LogP contribution in [0.3, 0.4) is 0 Å². The highest BCUT2D eigenvalue weighted by molar-refractivity contribution is 6.77. The largest absolute Gasteiger partial charge is 0.510 e. The Labute approximate surface area is 308 Å². The van der Waals surface area contributed by atoms with E-state index in [2.05, 4.69) is 39.9 Å². The third-order valence-electron chi connectivity index (χ3n) is 11.5. The molecule has 52 heavy (non-hydrogen) atoms. The molecule has 0 radical (unpaired) electrons. The molecule has 2 aromatic carbocycles. The Morgan fingerprint density at radius 1 is 0.942 bits per heavy atom. The zero-order valence-corrected chi connectivity index (χ0v) is 33.5. The smallest absolute Gasteiger partial charge is 0.457 e. The fourth-order valence-corrected chi connectivity index (χ4v) is 12.9. The molecule has 2 aliphatic heterocycles. The van der Waals surface area contributed by atoms with Crippen LogP contribution in [0.15, 0.2) is 65.5 Å². The number of para-hydroxylation sites is 1. The average molecular weight is 741 g/mol. The molecule has 0 amide bonds. The number of carbonyl (C=O) groups is 2. The van der Waals surface area contributed by atoms with E-state index in [9.17, 15) is 14.4 Å². The fourth-order valence-electron chi connectivity index (χ4n) is 7.93. The summed E-state index contributed by atoms with van der Waals surface area (Å²) < 4.78 is 25.1. The van der Waals surface area contributed by atoms with Gasteiger partial charge in [0.15, 0.2) is 8.32 Å². The number of hydrogen-bond acceptors (Lipinski definition) is 8. The van der Waals surface area contributed by atoms with Crippen LogP contribution in [0.25, 0.3) is 22.3 Å². The van der Waals surface area contributed by atoms with E-state index in [1.807, 2.05) is 54.6 Å². The lowest BCUT2D eigenvalue weighted by atomic mass is 9.85. The Morgan fingerprint density at radius 3 is 2.37 bits per heavy atom. The minimum Gasteiger partial charge on any atom is -0.457 e. The van der Waals surface area contributed by atoms with Gasteiger partial charge in [-0.25, -0.2) is 14.6 Å². The quantitative estimate of drug-likeness (QED) is 0.0595. The van der Waals surface area contributed by atoms with Crippen molar-refractivity contribution in [2.75, 3.05) is 6.61 Å². The number of nitrogens with zero attached hydrogens (tertiary/aromatic N) is 2. The van der Waals surface area contributed by atoms with Gasteiger partial charge in [-0.05, 0) is 60.7 Å². The molecule has 0 fully saturated rings. The maximum atomic E-state index is 14.3. The van der Waals surface area contributed by atoms with Crippen molar-refractivity contribution in [3.8, 4) is 11.4 Å². The second-order valence-electron chi connectivity index (χ2n) is 15.0. The molecule has 0 saturated carbocycles. The molecule has 1 atom stereocenters. The Kier molecular flexibility index (Phi) is 11.2. The van der Waals surface area contributed by atoms with Gasteiger partial charge in [0.1, 0.15) is 13.2 Å². The maximum absolute atomic E-state index is 14.3. The first-order chi connectivity index (χ1) is 25.0. The van der Waals surface area contributed by atoms with Gasteiger partial charge in [0.25, 0.3) is 5.56 Å². The van der Waals surface area contributed by atoms with Crippen molar-refractivity contribution < 1.29 is 28.2 Å². The summed E-state index contributed by atoms with van der Waals surface area (Å²) in [5, 5.41) is 1.11. The summed E-state index contributed by atoms with van der Waals surface area (Å²) in [4.78, 5) is 45.9. The van der Waals surface area contributed by atoms with Crippen LogP contribution in [-0.2, 0) is 55.2 Å². The third kappa shape index (κ3) is 7.27. The molecular weight excluding hydrogens is 689 g/mol. The van der Waals surface area contributed by atoms with Gasteiger partial charge >= 0.3 is 12.1 Å². The van der Waals surface area contributed by atoms with Crippen LogP contribution in [0.4, 0.5) is 4.79 Å². The first-order valence-corrected chi connectivity index (χ1v) is 24.8. The number of benzene rings is 2. The SMILES string of the molecule is CC[C@@]1(OC(=O)OCc2ccccc2)C(=O)OCc2c1cc1n(c2=O)Cc2c-1nc1ccccc1c2CC[Si](C)(C)CCCO[Si](CC)(CC)CC. The van der Waals surface area contributed by atoms with Crippen LogP contribution in [0.1, 0.15) is 68.4 Å². The van der Waals surface area contributed by atoms with E-state index in [0.29, 0.717) is 23.4 Å². The highest BCUT2D eigenvalue weighted by Crippen LogP contribution is 2.42. The highest BCUT2D eigenvalue weighted by Gasteiger charge is 2.51. The standard InChI is InChI=1S/C41H52N2O7Si2/c1-7-41(50-40(46)48-27-29-17-12-11-13-18-29)34-25-36-37-32(26-43(36)38(44)33(34)28-47-39(41)45)30(31-19-14-15-20-35(31)42-37)21-24-51(5,6)23-16-22-49-52(8-2,9-3)10-4/h11-15,17-20,25H,7-10,16,21-24,26-28H2,1-6H3/t41-/m0/s1. The van der Waals surface area contributed by atoms with Crippen LogP contribution in [0.2, 0.25) is 43.3 Å². The summed E-state index contributed by atoms with van der Waals surface area (Å²) >= 11 is 0. The number of hydrogen-bond donors (Lipinski definition) is 0. The number of aromatic nitrogens is 2. The van der Waals surface area contributed by atoms with E-state index in [-0.39, 0.29) is 25.2 Å². The molecule has 0 saturated heterocycles. The number of pyridine rings is 2. The number of aryl methyl sites for hydroxylation is 1. The van der Waals surface area contributed by atoms with Crippen LogP contribution in [0, 0.1) is 0 Å². The predicted molar refractivity (Wildman–Crippen MR) is 209 cm³/mol. The Bertz CT molecular complexity index is 2000. The zero-order chi connectivity index (χ0) is 37.1. The molecule has 2 aliphatic rings. The Morgan fingerprint density at radius 2 is 1.65 bits per heavy atom. The van der Waals surface area contributed by atoms with E-state index in [0.717, 1.165) is 53.2 Å². The highest BCUT2D eigenvalue weighted by atomic mass is 28.4. The van der Waals surface area contributed by atoms with Crippen LogP contribution < -0.4 is 5.56 Å². The van der Waals surface area contributed by atoms with Crippen molar-refractivity contribution in [1.29, 1.82) is 0 Å². The van der Waals surface area contributed by atoms with Crippen LogP contribution in [-0.4, -0.2) is 44.7 Å². The molecule has 0 aliphatic carbocycles. The van der Waals surface area contributed by atoms with Crippen LogP contribution in [0.5, 0.6) is 0 Å². The predicted octanol–water partition coefficient (Wildman–Crippen LogP) is 9.10. The van der Waals surface area contributed by atoms with E-state index in [1.165, 1.54) is 29.7 Å². The summed E-state index contributed by atoms with van der Waals surface area (Å²) in [6.07, 6.45) is 1.04. The number of carbonyl (C=O) groups excluding carboxylic acids is 2. The average Bonchev–Trinajstić information content (AvgIpc) is 3.53. The lowest BCUT2D eigenvalue weighted by molar-refractivity contribution is -0.175. The molecule has 4 aromatic rings. The van der Waals surface area contributed by atoms with E-state index in [4.69, 9.17) is 23.6 Å². The van der Waals surface area contributed by atoms with Crippen molar-refractivity contribution in [2.45, 2.75) is 116 Å². The molecule has 0 spiro atoms. The van der Waals surface area contributed by atoms with Gasteiger partial charge in [0.2, 0.25) is 5.60 Å². The summed E-state index contributed by atoms with van der Waals surface area (Å²) in [6, 6.07) is 25.0. The lowest BCUT2D eigenvalue weighted by Crippen LogP contribution is -2.47. The van der Waals surface area contributed by atoms with Gasteiger partial charge in [-0.2, -0.15) is 0 Å². The van der Waals surface area contributed by atoms with Crippen LogP contribution >= 0.6 is 0 Å². The normalized spacial score (nSPS) is 16.6. The van der Waals surface area contributed by atoms with Gasteiger partial charge in [0, 0.05) is 31.2 Å². The minimum absolute atomic E-state index is 0.0202. The molecule has 2 aromatic heterocycles. The molecule has 11 heteroatoms. The number of fused-ring (bicyclic) bond motifs is 5. The van der Waals surface area contributed by atoms with Crippen molar-refractivity contribution in [3.63, 3.8) is 0 Å². The second-order valence-corrected chi connectivity index (χ2v) is 25.1. The second kappa shape index (κ2) is 15.5. The Balaban J connectivity index is 1.29. The zero-order valence-electron chi connectivity index (χ0n) is 31.5.